The first-order valence-corrected chi connectivity index (χ1v) is 11.0. The lowest BCUT2D eigenvalue weighted by Gasteiger charge is -2.33. The van der Waals surface area contributed by atoms with Crippen molar-refractivity contribution in [1.82, 2.24) is 20.5 Å². The highest BCUT2D eigenvalue weighted by molar-refractivity contribution is 5.94. The normalized spacial score (nSPS) is 15.3. The number of carbonyl (C=O) groups excluding carboxylic acids is 3. The maximum Gasteiger partial charge on any atom is 0.253 e. The van der Waals surface area contributed by atoms with Gasteiger partial charge >= 0.3 is 0 Å². The number of aromatic nitrogens is 1. The molecule has 1 aliphatic heterocycles. The van der Waals surface area contributed by atoms with E-state index in [0.29, 0.717) is 37.9 Å². The number of nitrogens with one attached hydrogen (secondary N) is 3. The van der Waals surface area contributed by atoms with Gasteiger partial charge in [0.25, 0.3) is 5.91 Å². The third-order valence-electron chi connectivity index (χ3n) is 5.94. The minimum atomic E-state index is -0.657. The molecule has 1 atom stereocenters. The van der Waals surface area contributed by atoms with Gasteiger partial charge in [0.15, 0.2) is 0 Å². The second kappa shape index (κ2) is 9.68. The maximum atomic E-state index is 13.0. The Morgan fingerprint density at radius 1 is 1.03 bits per heavy atom. The number of piperidine rings is 1. The van der Waals surface area contributed by atoms with E-state index in [1.54, 1.807) is 0 Å². The van der Waals surface area contributed by atoms with Crippen LogP contribution in [0.3, 0.4) is 0 Å². The van der Waals surface area contributed by atoms with Gasteiger partial charge in [-0.05, 0) is 36.6 Å². The van der Waals surface area contributed by atoms with Crippen LogP contribution in [0.5, 0.6) is 0 Å². The third kappa shape index (κ3) is 4.99. The Morgan fingerprint density at radius 3 is 2.44 bits per heavy atom. The average Bonchev–Trinajstić information content (AvgIpc) is 3.22. The molecule has 0 saturated carbocycles. The zero-order valence-corrected chi connectivity index (χ0v) is 18.1. The zero-order valence-electron chi connectivity index (χ0n) is 18.1. The fourth-order valence-corrected chi connectivity index (χ4v) is 4.27. The van der Waals surface area contributed by atoms with Crippen LogP contribution in [0.2, 0.25) is 0 Å². The first-order valence-electron chi connectivity index (χ1n) is 11.0. The quantitative estimate of drug-likeness (QED) is 0.559. The highest BCUT2D eigenvalue weighted by Crippen LogP contribution is 2.20. The molecule has 3 aromatic rings. The number of H-pyrrole nitrogens is 1. The number of fused-ring (bicyclic) bond motifs is 1. The van der Waals surface area contributed by atoms with Crippen molar-refractivity contribution < 1.29 is 14.4 Å². The summed E-state index contributed by atoms with van der Waals surface area (Å²) < 4.78 is 0. The standard InChI is InChI=1S/C25H28N4O3/c1-17(30)27-23(15-19-16-26-22-10-6-5-9-21(19)22)24(31)28-20-11-13-29(14-12-20)25(32)18-7-3-2-4-8-18/h2-10,16,20,23,26H,11-15H2,1H3,(H,27,30)(H,28,31)/t23-/m0/s1. The van der Waals surface area contributed by atoms with Gasteiger partial charge in [0.2, 0.25) is 11.8 Å². The summed E-state index contributed by atoms with van der Waals surface area (Å²) in [4.78, 5) is 42.5. The van der Waals surface area contributed by atoms with E-state index >= 15 is 0 Å². The molecule has 32 heavy (non-hydrogen) atoms. The van der Waals surface area contributed by atoms with E-state index in [9.17, 15) is 14.4 Å². The average molecular weight is 433 g/mol. The van der Waals surface area contributed by atoms with E-state index in [4.69, 9.17) is 0 Å². The predicted octanol–water partition coefficient (Wildman–Crippen LogP) is 2.64. The minimum absolute atomic E-state index is 0.0193. The van der Waals surface area contributed by atoms with Gasteiger partial charge in [-0.25, -0.2) is 0 Å². The molecule has 0 unspecified atom stereocenters. The van der Waals surface area contributed by atoms with Gasteiger partial charge in [-0.2, -0.15) is 0 Å². The van der Waals surface area contributed by atoms with Crippen LogP contribution in [0, 0.1) is 0 Å². The molecule has 4 rings (SSSR count). The molecule has 0 bridgehead atoms. The summed E-state index contributed by atoms with van der Waals surface area (Å²) in [6, 6.07) is 16.5. The Hall–Kier alpha value is -3.61. The molecule has 0 spiro atoms. The highest BCUT2D eigenvalue weighted by atomic mass is 16.2. The van der Waals surface area contributed by atoms with Gasteiger partial charge in [-0.15, -0.1) is 0 Å². The van der Waals surface area contributed by atoms with Crippen molar-refractivity contribution in [3.05, 3.63) is 71.9 Å². The van der Waals surface area contributed by atoms with Gasteiger partial charge in [-0.1, -0.05) is 36.4 Å². The Balaban J connectivity index is 1.36. The molecule has 2 aromatic carbocycles. The lowest BCUT2D eigenvalue weighted by molar-refractivity contribution is -0.128. The highest BCUT2D eigenvalue weighted by Gasteiger charge is 2.28. The lowest BCUT2D eigenvalue weighted by Crippen LogP contribution is -2.53. The SMILES string of the molecule is CC(=O)N[C@@H](Cc1c[nH]c2ccccc12)C(=O)NC1CCN(C(=O)c2ccccc2)CC1. The Kier molecular flexibility index (Phi) is 6.54. The number of para-hydroxylation sites is 1. The molecule has 0 radical (unpaired) electrons. The molecular formula is C25H28N4O3. The van der Waals surface area contributed by atoms with Crippen LogP contribution in [-0.2, 0) is 16.0 Å². The number of nitrogens with zero attached hydrogens (tertiary/aromatic N) is 1. The molecule has 3 amide bonds. The van der Waals surface area contributed by atoms with Gasteiger partial charge in [-0.3, -0.25) is 14.4 Å². The van der Waals surface area contributed by atoms with Crippen LogP contribution in [0.25, 0.3) is 10.9 Å². The van der Waals surface area contributed by atoms with Crippen molar-refractivity contribution in [2.75, 3.05) is 13.1 Å². The molecule has 7 nitrogen and oxygen atoms in total. The van der Waals surface area contributed by atoms with E-state index in [0.717, 1.165) is 16.5 Å². The predicted molar refractivity (Wildman–Crippen MR) is 123 cm³/mol. The number of likely N-dealkylation sites (tertiary alicyclic amines) is 1. The summed E-state index contributed by atoms with van der Waals surface area (Å²) in [5, 5.41) is 6.92. The monoisotopic (exact) mass is 432 g/mol. The zero-order chi connectivity index (χ0) is 22.5. The summed E-state index contributed by atoms with van der Waals surface area (Å²) >= 11 is 0. The van der Waals surface area contributed by atoms with E-state index in [1.165, 1.54) is 6.92 Å². The van der Waals surface area contributed by atoms with Crippen LogP contribution >= 0.6 is 0 Å². The third-order valence-corrected chi connectivity index (χ3v) is 5.94. The van der Waals surface area contributed by atoms with Crippen LogP contribution in [-0.4, -0.2) is 52.8 Å². The van der Waals surface area contributed by atoms with E-state index in [1.807, 2.05) is 65.7 Å². The summed E-state index contributed by atoms with van der Waals surface area (Å²) in [5.41, 5.74) is 2.66. The van der Waals surface area contributed by atoms with Crippen LogP contribution < -0.4 is 10.6 Å². The first kappa shape index (κ1) is 21.6. The van der Waals surface area contributed by atoms with Crippen molar-refractivity contribution >= 4 is 28.6 Å². The second-order valence-corrected chi connectivity index (χ2v) is 8.26. The van der Waals surface area contributed by atoms with Gasteiger partial charge in [0, 0.05) is 55.1 Å². The van der Waals surface area contributed by atoms with E-state index in [-0.39, 0.29) is 23.8 Å². The Bertz CT molecular complexity index is 1100. The second-order valence-electron chi connectivity index (χ2n) is 8.26. The number of hydrogen-bond donors (Lipinski definition) is 3. The minimum Gasteiger partial charge on any atom is -0.361 e. The van der Waals surface area contributed by atoms with E-state index in [2.05, 4.69) is 15.6 Å². The molecule has 1 aromatic heterocycles. The topological polar surface area (TPSA) is 94.3 Å². The molecule has 0 aliphatic carbocycles. The summed E-state index contributed by atoms with van der Waals surface area (Å²) in [7, 11) is 0. The van der Waals surface area contributed by atoms with Crippen LogP contribution in [0.15, 0.2) is 60.8 Å². The van der Waals surface area contributed by atoms with Crippen molar-refractivity contribution in [2.45, 2.75) is 38.3 Å². The number of benzene rings is 2. The smallest absolute Gasteiger partial charge is 0.253 e. The van der Waals surface area contributed by atoms with Crippen molar-refractivity contribution in [1.29, 1.82) is 0 Å². The molecule has 7 heteroatoms. The number of amides is 3. The number of hydrogen-bond acceptors (Lipinski definition) is 3. The molecule has 1 fully saturated rings. The molecule has 166 valence electrons. The van der Waals surface area contributed by atoms with Crippen molar-refractivity contribution in [2.24, 2.45) is 0 Å². The molecule has 3 N–H and O–H groups in total. The fourth-order valence-electron chi connectivity index (χ4n) is 4.27. The maximum absolute atomic E-state index is 13.0. The van der Waals surface area contributed by atoms with Crippen LogP contribution in [0.4, 0.5) is 0 Å². The van der Waals surface area contributed by atoms with Crippen molar-refractivity contribution in [3.63, 3.8) is 0 Å². The lowest BCUT2D eigenvalue weighted by atomic mass is 10.0. The first-order chi connectivity index (χ1) is 15.5. The fraction of sp³-hybridized carbons (Fsp3) is 0.320. The van der Waals surface area contributed by atoms with Gasteiger partial charge < -0.3 is 20.5 Å². The largest absolute Gasteiger partial charge is 0.361 e. The molecular weight excluding hydrogens is 404 g/mol. The number of rotatable bonds is 6. The van der Waals surface area contributed by atoms with Gasteiger partial charge in [0.05, 0.1) is 0 Å². The summed E-state index contributed by atoms with van der Waals surface area (Å²) in [6.07, 6.45) is 3.66. The molecule has 2 heterocycles. The number of carbonyl (C=O) groups is 3. The van der Waals surface area contributed by atoms with Crippen LogP contribution in [0.1, 0.15) is 35.7 Å². The molecule has 1 saturated heterocycles. The number of aromatic amines is 1. The van der Waals surface area contributed by atoms with Crippen molar-refractivity contribution in [3.8, 4) is 0 Å². The Morgan fingerprint density at radius 2 is 1.72 bits per heavy atom. The van der Waals surface area contributed by atoms with Gasteiger partial charge in [0.1, 0.15) is 6.04 Å². The summed E-state index contributed by atoms with van der Waals surface area (Å²) in [5.74, 6) is -0.419. The van der Waals surface area contributed by atoms with E-state index < -0.39 is 6.04 Å². The summed E-state index contributed by atoms with van der Waals surface area (Å²) in [6.45, 7) is 2.60. The molecule has 1 aliphatic rings. The Labute approximate surface area is 187 Å².